The third kappa shape index (κ3) is 3.84. The zero-order chi connectivity index (χ0) is 15.4. The number of hydrogen-bond acceptors (Lipinski definition) is 2. The van der Waals surface area contributed by atoms with Crippen LogP contribution in [0.4, 0.5) is 0 Å². The molecule has 0 bridgehead atoms. The first kappa shape index (κ1) is 15.5. The van der Waals surface area contributed by atoms with Gasteiger partial charge in [-0.3, -0.25) is 9.59 Å². The molecule has 0 spiro atoms. The van der Waals surface area contributed by atoms with E-state index in [1.165, 1.54) is 5.56 Å². The predicted molar refractivity (Wildman–Crippen MR) is 82.6 cm³/mol. The molecule has 1 aromatic carbocycles. The van der Waals surface area contributed by atoms with Gasteiger partial charge in [0, 0.05) is 19.5 Å². The quantitative estimate of drug-likeness (QED) is 0.922. The maximum Gasteiger partial charge on any atom is 0.245 e. The Bertz CT molecular complexity index is 508. The zero-order valence-corrected chi connectivity index (χ0v) is 13.1. The van der Waals surface area contributed by atoms with Crippen LogP contribution in [0.15, 0.2) is 24.3 Å². The van der Waals surface area contributed by atoms with Gasteiger partial charge in [0.2, 0.25) is 11.8 Å². The van der Waals surface area contributed by atoms with E-state index in [0.717, 1.165) is 12.0 Å². The molecule has 2 amide bonds. The molecule has 0 aromatic heterocycles. The summed E-state index contributed by atoms with van der Waals surface area (Å²) in [6.07, 6.45) is 1.39. The summed E-state index contributed by atoms with van der Waals surface area (Å²) in [7, 11) is 0. The van der Waals surface area contributed by atoms with Crippen LogP contribution < -0.4 is 5.32 Å². The monoisotopic (exact) mass is 288 g/mol. The smallest absolute Gasteiger partial charge is 0.245 e. The van der Waals surface area contributed by atoms with E-state index >= 15 is 0 Å². The third-order valence-corrected chi connectivity index (χ3v) is 3.97. The molecule has 2 rings (SSSR count). The van der Waals surface area contributed by atoms with E-state index in [1.807, 2.05) is 13.8 Å². The van der Waals surface area contributed by atoms with Crippen molar-refractivity contribution in [3.63, 3.8) is 0 Å². The van der Waals surface area contributed by atoms with Crippen LogP contribution >= 0.6 is 0 Å². The van der Waals surface area contributed by atoms with Gasteiger partial charge < -0.3 is 10.2 Å². The van der Waals surface area contributed by atoms with Crippen molar-refractivity contribution >= 4 is 11.8 Å². The van der Waals surface area contributed by atoms with Crippen LogP contribution in [-0.4, -0.2) is 29.3 Å². The average molecular weight is 288 g/mol. The Kier molecular flexibility index (Phi) is 4.99. The molecule has 1 aliphatic heterocycles. The number of carbonyl (C=O) groups is 2. The van der Waals surface area contributed by atoms with E-state index in [-0.39, 0.29) is 17.7 Å². The number of aryl methyl sites for hydroxylation is 1. The standard InChI is InChI=1S/C17H24N2O2/c1-4-13-5-7-14(8-6-13)11-19-10-9-15(20)18-16(12(2)3)17(19)21/h5-8,12,16H,4,9-11H2,1-3H3,(H,18,20). The van der Waals surface area contributed by atoms with Gasteiger partial charge in [-0.1, -0.05) is 45.0 Å². The Morgan fingerprint density at radius 2 is 1.81 bits per heavy atom. The third-order valence-electron chi connectivity index (χ3n) is 3.97. The summed E-state index contributed by atoms with van der Waals surface area (Å²) < 4.78 is 0. The van der Waals surface area contributed by atoms with Crippen LogP contribution in [0.25, 0.3) is 0 Å². The van der Waals surface area contributed by atoms with E-state index in [4.69, 9.17) is 0 Å². The van der Waals surface area contributed by atoms with E-state index in [2.05, 4.69) is 36.5 Å². The van der Waals surface area contributed by atoms with Crippen LogP contribution in [-0.2, 0) is 22.6 Å². The lowest BCUT2D eigenvalue weighted by Gasteiger charge is -2.26. The topological polar surface area (TPSA) is 49.4 Å². The first-order valence-electron chi connectivity index (χ1n) is 7.67. The van der Waals surface area contributed by atoms with Gasteiger partial charge >= 0.3 is 0 Å². The average Bonchev–Trinajstić information content (AvgIpc) is 2.61. The number of rotatable bonds is 4. The number of nitrogens with zero attached hydrogens (tertiary/aromatic N) is 1. The SMILES string of the molecule is CCc1ccc(CN2CCC(=O)NC(C(C)C)C2=O)cc1. The minimum absolute atomic E-state index is 0.0235. The van der Waals surface area contributed by atoms with Gasteiger partial charge in [0.05, 0.1) is 0 Å². The van der Waals surface area contributed by atoms with Crippen LogP contribution in [0.3, 0.4) is 0 Å². The Hall–Kier alpha value is -1.84. The summed E-state index contributed by atoms with van der Waals surface area (Å²) >= 11 is 0. The lowest BCUT2D eigenvalue weighted by atomic mass is 10.0. The van der Waals surface area contributed by atoms with Gasteiger partial charge in [-0.2, -0.15) is 0 Å². The molecule has 1 aromatic rings. The van der Waals surface area contributed by atoms with Crippen molar-refractivity contribution < 1.29 is 9.59 Å². The molecule has 1 N–H and O–H groups in total. The second-order valence-electron chi connectivity index (χ2n) is 5.97. The number of nitrogens with one attached hydrogen (secondary N) is 1. The van der Waals surface area contributed by atoms with Gasteiger partial charge in [-0.25, -0.2) is 0 Å². The lowest BCUT2D eigenvalue weighted by molar-refractivity contribution is -0.135. The highest BCUT2D eigenvalue weighted by Crippen LogP contribution is 2.15. The first-order chi connectivity index (χ1) is 10.0. The second-order valence-corrected chi connectivity index (χ2v) is 5.97. The van der Waals surface area contributed by atoms with Gasteiger partial charge in [0.1, 0.15) is 6.04 Å². The molecule has 1 fully saturated rings. The Morgan fingerprint density at radius 1 is 1.19 bits per heavy atom. The van der Waals surface area contributed by atoms with Gasteiger partial charge in [-0.05, 0) is 23.5 Å². The molecule has 1 heterocycles. The van der Waals surface area contributed by atoms with Crippen molar-refractivity contribution in [3.8, 4) is 0 Å². The van der Waals surface area contributed by atoms with Crippen LogP contribution in [0.5, 0.6) is 0 Å². The molecule has 4 nitrogen and oxygen atoms in total. The highest BCUT2D eigenvalue weighted by Gasteiger charge is 2.31. The van der Waals surface area contributed by atoms with Gasteiger partial charge in [0.25, 0.3) is 0 Å². The fourth-order valence-electron chi connectivity index (χ4n) is 2.56. The molecule has 114 valence electrons. The summed E-state index contributed by atoms with van der Waals surface area (Å²) in [6, 6.07) is 7.92. The number of amides is 2. The van der Waals surface area contributed by atoms with Crippen molar-refractivity contribution in [1.82, 2.24) is 10.2 Å². The van der Waals surface area contributed by atoms with Crippen LogP contribution in [0, 0.1) is 5.92 Å². The molecule has 1 saturated heterocycles. The van der Waals surface area contributed by atoms with Crippen molar-refractivity contribution in [2.45, 2.75) is 46.2 Å². The Labute approximate surface area is 126 Å². The summed E-state index contributed by atoms with van der Waals surface area (Å²) in [5.41, 5.74) is 2.40. The van der Waals surface area contributed by atoms with Crippen LogP contribution in [0.2, 0.25) is 0 Å². The van der Waals surface area contributed by atoms with E-state index in [1.54, 1.807) is 4.90 Å². The molecule has 1 unspecified atom stereocenters. The molecule has 1 atom stereocenters. The molecule has 0 radical (unpaired) electrons. The van der Waals surface area contributed by atoms with Crippen molar-refractivity contribution in [3.05, 3.63) is 35.4 Å². The maximum absolute atomic E-state index is 12.6. The summed E-state index contributed by atoms with van der Waals surface area (Å²) in [6.45, 7) is 7.10. The molecule has 0 saturated carbocycles. The van der Waals surface area contributed by atoms with Crippen molar-refractivity contribution in [1.29, 1.82) is 0 Å². The predicted octanol–water partition coefficient (Wildman–Crippen LogP) is 2.12. The normalized spacial score (nSPS) is 19.6. The lowest BCUT2D eigenvalue weighted by Crippen LogP contribution is -2.47. The largest absolute Gasteiger partial charge is 0.344 e. The summed E-state index contributed by atoms with van der Waals surface area (Å²) in [5.74, 6) is 0.0887. The number of benzene rings is 1. The molecule has 21 heavy (non-hydrogen) atoms. The van der Waals surface area contributed by atoms with Gasteiger partial charge in [0.15, 0.2) is 0 Å². The fraction of sp³-hybridized carbons (Fsp3) is 0.529. The van der Waals surface area contributed by atoms with Crippen molar-refractivity contribution in [2.75, 3.05) is 6.54 Å². The van der Waals surface area contributed by atoms with Crippen LogP contribution in [0.1, 0.15) is 38.3 Å². The summed E-state index contributed by atoms with van der Waals surface area (Å²) in [4.78, 5) is 26.1. The Balaban J connectivity index is 2.12. The molecular weight excluding hydrogens is 264 g/mol. The number of hydrogen-bond donors (Lipinski definition) is 1. The minimum atomic E-state index is -0.407. The highest BCUT2D eigenvalue weighted by atomic mass is 16.2. The molecular formula is C17H24N2O2. The second kappa shape index (κ2) is 6.74. The Morgan fingerprint density at radius 3 is 2.38 bits per heavy atom. The fourth-order valence-corrected chi connectivity index (χ4v) is 2.56. The molecule has 4 heteroatoms. The van der Waals surface area contributed by atoms with E-state index in [0.29, 0.717) is 19.5 Å². The van der Waals surface area contributed by atoms with E-state index in [9.17, 15) is 9.59 Å². The molecule has 0 aliphatic carbocycles. The van der Waals surface area contributed by atoms with Gasteiger partial charge in [-0.15, -0.1) is 0 Å². The summed E-state index contributed by atoms with van der Waals surface area (Å²) in [5, 5.41) is 2.83. The van der Waals surface area contributed by atoms with Crippen molar-refractivity contribution in [2.24, 2.45) is 5.92 Å². The zero-order valence-electron chi connectivity index (χ0n) is 13.1. The highest BCUT2D eigenvalue weighted by molar-refractivity contribution is 5.90. The molecule has 1 aliphatic rings. The van der Waals surface area contributed by atoms with E-state index < -0.39 is 6.04 Å². The maximum atomic E-state index is 12.6. The number of carbonyl (C=O) groups excluding carboxylic acids is 2. The minimum Gasteiger partial charge on any atom is -0.344 e. The first-order valence-corrected chi connectivity index (χ1v) is 7.67.